The molecule has 0 saturated heterocycles. The van der Waals surface area contributed by atoms with Gasteiger partial charge in [0.2, 0.25) is 0 Å². The number of imidazole rings is 1. The van der Waals surface area contributed by atoms with Crippen LogP contribution < -0.4 is 10.6 Å². The predicted octanol–water partition coefficient (Wildman–Crippen LogP) is 3.47. The zero-order chi connectivity index (χ0) is 19.7. The first-order valence-corrected chi connectivity index (χ1v) is 10.1. The van der Waals surface area contributed by atoms with E-state index in [9.17, 15) is 5.11 Å². The summed E-state index contributed by atoms with van der Waals surface area (Å²) in [5, 5.41) is 16.7. The summed E-state index contributed by atoms with van der Waals surface area (Å²) in [6.07, 6.45) is 3.76. The van der Waals surface area contributed by atoms with Crippen LogP contribution in [-0.2, 0) is 13.0 Å². The molecule has 2 aromatic heterocycles. The van der Waals surface area contributed by atoms with Crippen LogP contribution in [0.25, 0.3) is 11.2 Å². The van der Waals surface area contributed by atoms with E-state index in [1.165, 1.54) is 22.4 Å². The van der Waals surface area contributed by atoms with Crippen LogP contribution in [0.1, 0.15) is 48.8 Å². The van der Waals surface area contributed by atoms with Gasteiger partial charge in [0, 0.05) is 30.0 Å². The fourth-order valence-electron chi connectivity index (χ4n) is 4.09. The van der Waals surface area contributed by atoms with Crippen LogP contribution in [0.2, 0.25) is 0 Å². The first-order valence-electron chi connectivity index (χ1n) is 10.1. The molecule has 0 amide bonds. The number of rotatable bonds is 7. The van der Waals surface area contributed by atoms with Crippen LogP contribution in [-0.4, -0.2) is 32.7 Å². The highest BCUT2D eigenvalue weighted by atomic mass is 16.3. The molecule has 4 rings (SSSR count). The molecule has 0 radical (unpaired) electrons. The summed E-state index contributed by atoms with van der Waals surface area (Å²) in [5.74, 6) is 1.45. The van der Waals surface area contributed by atoms with Crippen molar-refractivity contribution in [1.82, 2.24) is 20.3 Å². The number of benzene rings is 1. The summed E-state index contributed by atoms with van der Waals surface area (Å²) in [5.41, 5.74) is 6.74. The fourth-order valence-corrected chi connectivity index (χ4v) is 4.09. The van der Waals surface area contributed by atoms with Gasteiger partial charge in [-0.25, -0.2) is 9.97 Å². The van der Waals surface area contributed by atoms with Gasteiger partial charge in [-0.05, 0) is 48.9 Å². The number of aromatic amines is 1. The van der Waals surface area contributed by atoms with E-state index in [-0.39, 0.29) is 18.7 Å². The molecule has 1 aliphatic rings. The van der Waals surface area contributed by atoms with Crippen molar-refractivity contribution in [1.29, 1.82) is 0 Å². The molecule has 6 nitrogen and oxygen atoms in total. The number of anilines is 1. The van der Waals surface area contributed by atoms with Gasteiger partial charge < -0.3 is 20.7 Å². The lowest BCUT2D eigenvalue weighted by Gasteiger charge is -2.18. The normalized spacial score (nSPS) is 17.1. The smallest absolute Gasteiger partial charge is 0.157 e. The summed E-state index contributed by atoms with van der Waals surface area (Å²) >= 11 is 0. The van der Waals surface area contributed by atoms with E-state index in [0.29, 0.717) is 5.92 Å². The second-order valence-electron chi connectivity index (χ2n) is 8.20. The van der Waals surface area contributed by atoms with Crippen LogP contribution in [0.5, 0.6) is 0 Å². The number of aliphatic hydroxyl groups excluding tert-OH is 1. The first-order chi connectivity index (χ1) is 13.5. The Labute approximate surface area is 165 Å². The Morgan fingerprint density at radius 1 is 1.29 bits per heavy atom. The van der Waals surface area contributed by atoms with Gasteiger partial charge in [-0.1, -0.05) is 26.0 Å². The molecule has 0 fully saturated rings. The monoisotopic (exact) mass is 379 g/mol. The highest BCUT2D eigenvalue weighted by Crippen LogP contribution is 2.36. The van der Waals surface area contributed by atoms with Gasteiger partial charge in [0.1, 0.15) is 11.3 Å². The van der Waals surface area contributed by atoms with Gasteiger partial charge in [0.05, 0.1) is 12.6 Å². The minimum absolute atomic E-state index is 0.145. The van der Waals surface area contributed by atoms with Crippen molar-refractivity contribution < 1.29 is 5.11 Å². The molecule has 0 aliphatic carbocycles. The fraction of sp³-hybridized carbons (Fsp3) is 0.455. The molecule has 2 unspecified atom stereocenters. The standard InChI is InChI=1S/C22H29N5O/c1-13(2)8-17(12-28)24-11-15-4-5-19-16(9-15)10-20(27-19)18-6-7-23-22-21(18)25-14(3)26-22/h4-7,9,13,17,20,24,27-28H,8,10-12H2,1-3H3,(H,23,25,26). The topological polar surface area (TPSA) is 85.9 Å². The summed E-state index contributed by atoms with van der Waals surface area (Å²) < 4.78 is 0. The number of aromatic nitrogens is 3. The average Bonchev–Trinajstić information content (AvgIpc) is 3.26. The Bertz CT molecular complexity index is 965. The molecular formula is C22H29N5O. The van der Waals surface area contributed by atoms with Crippen molar-refractivity contribution in [2.24, 2.45) is 5.92 Å². The Balaban J connectivity index is 1.48. The van der Waals surface area contributed by atoms with Gasteiger partial charge in [-0.3, -0.25) is 0 Å². The second-order valence-corrected chi connectivity index (χ2v) is 8.20. The second kappa shape index (κ2) is 7.89. The molecule has 28 heavy (non-hydrogen) atoms. The Hall–Kier alpha value is -2.44. The van der Waals surface area contributed by atoms with Gasteiger partial charge in [-0.15, -0.1) is 0 Å². The Kier molecular flexibility index (Phi) is 5.33. The van der Waals surface area contributed by atoms with E-state index < -0.39 is 0 Å². The number of hydrogen-bond acceptors (Lipinski definition) is 5. The summed E-state index contributed by atoms with van der Waals surface area (Å²) in [6.45, 7) is 7.27. The van der Waals surface area contributed by atoms with Crippen LogP contribution in [0.4, 0.5) is 5.69 Å². The minimum atomic E-state index is 0.145. The van der Waals surface area contributed by atoms with Crippen LogP contribution in [0.15, 0.2) is 30.5 Å². The lowest BCUT2D eigenvalue weighted by atomic mass is 10.0. The lowest BCUT2D eigenvalue weighted by Crippen LogP contribution is -2.33. The van der Waals surface area contributed by atoms with E-state index in [1.807, 2.05) is 13.1 Å². The number of nitrogens with one attached hydrogen (secondary N) is 3. The maximum Gasteiger partial charge on any atom is 0.157 e. The highest BCUT2D eigenvalue weighted by molar-refractivity contribution is 5.77. The molecule has 0 bridgehead atoms. The number of aliphatic hydroxyl groups is 1. The number of H-pyrrole nitrogens is 1. The molecule has 148 valence electrons. The van der Waals surface area contributed by atoms with Crippen LogP contribution in [0.3, 0.4) is 0 Å². The third-order valence-corrected chi connectivity index (χ3v) is 5.40. The molecule has 0 spiro atoms. The van der Waals surface area contributed by atoms with Crippen LogP contribution >= 0.6 is 0 Å². The lowest BCUT2D eigenvalue weighted by molar-refractivity contribution is 0.223. The zero-order valence-corrected chi connectivity index (χ0v) is 16.8. The molecule has 3 aromatic rings. The van der Waals surface area contributed by atoms with Gasteiger partial charge in [-0.2, -0.15) is 0 Å². The van der Waals surface area contributed by atoms with Gasteiger partial charge in [0.15, 0.2) is 5.65 Å². The Morgan fingerprint density at radius 3 is 2.93 bits per heavy atom. The van der Waals surface area contributed by atoms with Crippen LogP contribution in [0, 0.1) is 12.8 Å². The third-order valence-electron chi connectivity index (χ3n) is 5.40. The molecule has 1 aliphatic heterocycles. The maximum atomic E-state index is 9.57. The van der Waals surface area contributed by atoms with E-state index in [1.54, 1.807) is 0 Å². The SMILES string of the molecule is Cc1nc2c(C3Cc4cc(CNC(CO)CC(C)C)ccc4N3)ccnc2[nH]1. The summed E-state index contributed by atoms with van der Waals surface area (Å²) in [4.78, 5) is 12.2. The average molecular weight is 380 g/mol. The maximum absolute atomic E-state index is 9.57. The summed E-state index contributed by atoms with van der Waals surface area (Å²) in [6, 6.07) is 9.01. The van der Waals surface area contributed by atoms with Crippen molar-refractivity contribution in [2.75, 3.05) is 11.9 Å². The molecule has 1 aromatic carbocycles. The molecule has 4 N–H and O–H groups in total. The van der Waals surface area contributed by atoms with Crippen molar-refractivity contribution >= 4 is 16.9 Å². The highest BCUT2D eigenvalue weighted by Gasteiger charge is 2.25. The quantitative estimate of drug-likeness (QED) is 0.505. The predicted molar refractivity (Wildman–Crippen MR) is 112 cm³/mol. The number of pyridine rings is 1. The van der Waals surface area contributed by atoms with E-state index in [0.717, 1.165) is 36.4 Å². The molecular weight excluding hydrogens is 350 g/mol. The summed E-state index contributed by atoms with van der Waals surface area (Å²) in [7, 11) is 0. The number of fused-ring (bicyclic) bond motifs is 2. The number of aryl methyl sites for hydroxylation is 1. The van der Waals surface area contributed by atoms with Crippen molar-refractivity contribution in [3.05, 3.63) is 53.0 Å². The zero-order valence-electron chi connectivity index (χ0n) is 16.8. The van der Waals surface area contributed by atoms with Crippen molar-refractivity contribution in [3.63, 3.8) is 0 Å². The molecule has 3 heterocycles. The third kappa shape index (κ3) is 3.88. The van der Waals surface area contributed by atoms with E-state index in [4.69, 9.17) is 0 Å². The largest absolute Gasteiger partial charge is 0.395 e. The number of nitrogens with zero attached hydrogens (tertiary/aromatic N) is 2. The van der Waals surface area contributed by atoms with Gasteiger partial charge in [0.25, 0.3) is 0 Å². The molecule has 2 atom stereocenters. The minimum Gasteiger partial charge on any atom is -0.395 e. The van der Waals surface area contributed by atoms with Crippen molar-refractivity contribution in [3.8, 4) is 0 Å². The Morgan fingerprint density at radius 2 is 2.14 bits per heavy atom. The molecule has 0 saturated carbocycles. The van der Waals surface area contributed by atoms with Crippen molar-refractivity contribution in [2.45, 2.75) is 52.2 Å². The van der Waals surface area contributed by atoms with E-state index in [2.05, 4.69) is 63.7 Å². The molecule has 6 heteroatoms. The first kappa shape index (κ1) is 18.9. The van der Waals surface area contributed by atoms with Gasteiger partial charge >= 0.3 is 0 Å². The van der Waals surface area contributed by atoms with E-state index >= 15 is 0 Å². The number of hydrogen-bond donors (Lipinski definition) is 4.